The van der Waals surface area contributed by atoms with Crippen LogP contribution in [0.4, 0.5) is 4.79 Å². The van der Waals surface area contributed by atoms with Crippen molar-refractivity contribution in [3.05, 3.63) is 11.8 Å². The van der Waals surface area contributed by atoms with Gasteiger partial charge in [0.05, 0.1) is 13.2 Å². The minimum Gasteiger partial charge on any atom is -0.379 e. The van der Waals surface area contributed by atoms with Crippen molar-refractivity contribution >= 4 is 6.03 Å². The van der Waals surface area contributed by atoms with Gasteiger partial charge in [-0.15, -0.1) is 0 Å². The quantitative estimate of drug-likeness (QED) is 0.737. The third-order valence-corrected chi connectivity index (χ3v) is 2.31. The van der Waals surface area contributed by atoms with Crippen LogP contribution in [0.5, 0.6) is 0 Å². The molecule has 0 bridgehead atoms. The van der Waals surface area contributed by atoms with Crippen molar-refractivity contribution in [3.63, 3.8) is 0 Å². The molecular formula is C11H21N3O2. The van der Waals surface area contributed by atoms with E-state index in [1.807, 2.05) is 13.8 Å². The number of ether oxygens (including phenoxy) is 1. The Morgan fingerprint density at radius 2 is 2.06 bits per heavy atom. The van der Waals surface area contributed by atoms with Gasteiger partial charge < -0.3 is 15.4 Å². The molecule has 0 spiro atoms. The first kappa shape index (κ1) is 13.0. The van der Waals surface area contributed by atoms with Crippen molar-refractivity contribution in [2.24, 2.45) is 0 Å². The molecule has 1 aliphatic heterocycles. The number of carbonyl (C=O) groups excluding carboxylic acids is 1. The highest BCUT2D eigenvalue weighted by Gasteiger charge is 2.09. The zero-order valence-electron chi connectivity index (χ0n) is 10.1. The Balaban J connectivity index is 2.05. The predicted octanol–water partition coefficient (Wildman–Crippen LogP) is 0.541. The number of rotatable bonds is 4. The van der Waals surface area contributed by atoms with Gasteiger partial charge in [0.15, 0.2) is 0 Å². The number of carbonyl (C=O) groups is 1. The molecule has 2 N–H and O–H groups in total. The molecule has 5 heteroatoms. The zero-order chi connectivity index (χ0) is 11.8. The molecule has 0 aliphatic carbocycles. The molecule has 1 saturated heterocycles. The molecule has 1 aliphatic rings. The van der Waals surface area contributed by atoms with Crippen LogP contribution in [-0.2, 0) is 4.74 Å². The van der Waals surface area contributed by atoms with Crippen LogP contribution < -0.4 is 10.6 Å². The summed E-state index contributed by atoms with van der Waals surface area (Å²) in [5, 5.41) is 5.47. The van der Waals surface area contributed by atoms with E-state index in [1.54, 1.807) is 6.20 Å². The van der Waals surface area contributed by atoms with E-state index in [1.165, 1.54) is 0 Å². The zero-order valence-corrected chi connectivity index (χ0v) is 10.1. The molecule has 92 valence electrons. The monoisotopic (exact) mass is 227 g/mol. The summed E-state index contributed by atoms with van der Waals surface area (Å²) in [7, 11) is 0. The largest absolute Gasteiger partial charge is 0.379 e. The first-order chi connectivity index (χ1) is 7.68. The summed E-state index contributed by atoms with van der Waals surface area (Å²) in [4.78, 5) is 13.6. The van der Waals surface area contributed by atoms with Crippen LogP contribution in [0.1, 0.15) is 13.8 Å². The second kappa shape index (κ2) is 7.24. The van der Waals surface area contributed by atoms with E-state index in [9.17, 15) is 4.79 Å². The van der Waals surface area contributed by atoms with Gasteiger partial charge in [0, 0.05) is 32.4 Å². The average Bonchev–Trinajstić information content (AvgIpc) is 2.28. The summed E-state index contributed by atoms with van der Waals surface area (Å²) < 4.78 is 5.24. The number of nitrogens with one attached hydrogen (secondary N) is 2. The van der Waals surface area contributed by atoms with E-state index in [0.29, 0.717) is 6.54 Å². The molecule has 0 aromatic carbocycles. The van der Waals surface area contributed by atoms with E-state index in [2.05, 4.69) is 15.5 Å². The van der Waals surface area contributed by atoms with Crippen LogP contribution in [0, 0.1) is 0 Å². The van der Waals surface area contributed by atoms with Crippen molar-refractivity contribution in [2.75, 3.05) is 39.4 Å². The van der Waals surface area contributed by atoms with Crippen LogP contribution in [0.3, 0.4) is 0 Å². The molecule has 1 heterocycles. The summed E-state index contributed by atoms with van der Waals surface area (Å²) in [5.41, 5.74) is 1.07. The molecule has 0 saturated carbocycles. The molecule has 0 radical (unpaired) electrons. The maximum Gasteiger partial charge on any atom is 0.318 e. The summed E-state index contributed by atoms with van der Waals surface area (Å²) in [6.45, 7) is 8.93. The van der Waals surface area contributed by atoms with E-state index in [4.69, 9.17) is 4.74 Å². The van der Waals surface area contributed by atoms with E-state index in [0.717, 1.165) is 38.4 Å². The third-order valence-electron chi connectivity index (χ3n) is 2.31. The molecular weight excluding hydrogens is 206 g/mol. The number of amides is 2. The van der Waals surface area contributed by atoms with Crippen LogP contribution in [0.15, 0.2) is 11.8 Å². The second-order valence-corrected chi connectivity index (χ2v) is 4.08. The van der Waals surface area contributed by atoms with Gasteiger partial charge >= 0.3 is 6.03 Å². The van der Waals surface area contributed by atoms with E-state index < -0.39 is 0 Å². The Hall–Kier alpha value is -1.07. The van der Waals surface area contributed by atoms with Crippen LogP contribution in [0.2, 0.25) is 0 Å². The van der Waals surface area contributed by atoms with Gasteiger partial charge in [0.1, 0.15) is 0 Å². The van der Waals surface area contributed by atoms with E-state index in [-0.39, 0.29) is 6.03 Å². The Morgan fingerprint density at radius 3 is 2.69 bits per heavy atom. The SMILES string of the molecule is CC(C)=CNC(=O)NCCN1CCOCC1. The van der Waals surface area contributed by atoms with Crippen LogP contribution >= 0.6 is 0 Å². The minimum absolute atomic E-state index is 0.144. The van der Waals surface area contributed by atoms with Crippen LogP contribution in [-0.4, -0.2) is 50.3 Å². The lowest BCUT2D eigenvalue weighted by molar-refractivity contribution is 0.0387. The number of hydrogen-bond donors (Lipinski definition) is 2. The number of hydrogen-bond acceptors (Lipinski definition) is 3. The highest BCUT2D eigenvalue weighted by Crippen LogP contribution is 1.94. The van der Waals surface area contributed by atoms with Gasteiger partial charge in [-0.05, 0) is 13.8 Å². The van der Waals surface area contributed by atoms with Crippen molar-refractivity contribution in [1.29, 1.82) is 0 Å². The summed E-state index contributed by atoms with van der Waals surface area (Å²) >= 11 is 0. The Kier molecular flexibility index (Phi) is 5.88. The smallest absolute Gasteiger partial charge is 0.318 e. The lowest BCUT2D eigenvalue weighted by Gasteiger charge is -2.26. The maximum atomic E-state index is 11.3. The molecule has 1 rings (SSSR count). The Morgan fingerprint density at radius 1 is 1.38 bits per heavy atom. The summed E-state index contributed by atoms with van der Waals surface area (Å²) in [6.07, 6.45) is 1.70. The van der Waals surface area contributed by atoms with Crippen molar-refractivity contribution in [1.82, 2.24) is 15.5 Å². The van der Waals surface area contributed by atoms with E-state index >= 15 is 0 Å². The molecule has 1 fully saturated rings. The fourth-order valence-corrected chi connectivity index (χ4v) is 1.41. The standard InChI is InChI=1S/C11H21N3O2/c1-10(2)9-13-11(15)12-3-4-14-5-7-16-8-6-14/h9H,3-8H2,1-2H3,(H2,12,13,15). The van der Waals surface area contributed by atoms with Gasteiger partial charge in [-0.1, -0.05) is 5.57 Å². The molecule has 0 atom stereocenters. The maximum absolute atomic E-state index is 11.3. The lowest BCUT2D eigenvalue weighted by Crippen LogP contribution is -2.42. The highest BCUT2D eigenvalue weighted by atomic mass is 16.5. The number of morpholine rings is 1. The second-order valence-electron chi connectivity index (χ2n) is 4.08. The highest BCUT2D eigenvalue weighted by molar-refractivity contribution is 5.74. The average molecular weight is 227 g/mol. The van der Waals surface area contributed by atoms with Gasteiger partial charge in [0.2, 0.25) is 0 Å². The van der Waals surface area contributed by atoms with Gasteiger partial charge in [-0.25, -0.2) is 4.79 Å². The van der Waals surface area contributed by atoms with Gasteiger partial charge in [-0.3, -0.25) is 4.90 Å². The minimum atomic E-state index is -0.144. The predicted molar refractivity (Wildman–Crippen MR) is 63.2 cm³/mol. The topological polar surface area (TPSA) is 53.6 Å². The lowest BCUT2D eigenvalue weighted by atomic mass is 10.4. The molecule has 0 aromatic rings. The molecule has 2 amide bonds. The first-order valence-electron chi connectivity index (χ1n) is 5.66. The number of allylic oxidation sites excluding steroid dienone is 1. The van der Waals surface area contributed by atoms with Gasteiger partial charge in [0.25, 0.3) is 0 Å². The van der Waals surface area contributed by atoms with Crippen LogP contribution in [0.25, 0.3) is 0 Å². The fourth-order valence-electron chi connectivity index (χ4n) is 1.41. The Bertz CT molecular complexity index is 244. The molecule has 0 unspecified atom stereocenters. The fraction of sp³-hybridized carbons (Fsp3) is 0.727. The molecule has 0 aromatic heterocycles. The third kappa shape index (κ3) is 5.72. The van der Waals surface area contributed by atoms with Crippen molar-refractivity contribution in [3.8, 4) is 0 Å². The summed E-state index contributed by atoms with van der Waals surface area (Å²) in [5.74, 6) is 0. The van der Waals surface area contributed by atoms with Crippen molar-refractivity contribution < 1.29 is 9.53 Å². The molecule has 5 nitrogen and oxygen atoms in total. The Labute approximate surface area is 96.8 Å². The van der Waals surface area contributed by atoms with Gasteiger partial charge in [-0.2, -0.15) is 0 Å². The summed E-state index contributed by atoms with van der Waals surface area (Å²) in [6, 6.07) is -0.144. The first-order valence-corrected chi connectivity index (χ1v) is 5.66. The number of nitrogens with zero attached hydrogens (tertiary/aromatic N) is 1. The molecule has 16 heavy (non-hydrogen) atoms. The van der Waals surface area contributed by atoms with Crippen molar-refractivity contribution in [2.45, 2.75) is 13.8 Å². The normalized spacial score (nSPS) is 16.6. The number of urea groups is 1.